The lowest BCUT2D eigenvalue weighted by molar-refractivity contribution is -0.337. The summed E-state index contributed by atoms with van der Waals surface area (Å²) in [5.41, 5.74) is 2.84. The predicted octanol–water partition coefficient (Wildman–Crippen LogP) is 1.85. The predicted molar refractivity (Wildman–Crippen MR) is 142 cm³/mol. The number of nitrogens with zero attached hydrogens (tertiary/aromatic N) is 1. The van der Waals surface area contributed by atoms with Crippen molar-refractivity contribution in [3.63, 3.8) is 0 Å². The van der Waals surface area contributed by atoms with E-state index < -0.39 is 34.3 Å². The van der Waals surface area contributed by atoms with Gasteiger partial charge in [0.1, 0.15) is 16.8 Å². The third-order valence-electron chi connectivity index (χ3n) is 12.4. The maximum atomic E-state index is 13.7. The molecule has 9 nitrogen and oxygen atoms in total. The van der Waals surface area contributed by atoms with Gasteiger partial charge in [0.05, 0.1) is 23.9 Å². The fraction of sp³-hybridized carbons (Fsp3) is 0.767. The number of aliphatic hydroxyl groups is 2. The Morgan fingerprint density at radius 3 is 2.54 bits per heavy atom. The number of likely N-dealkylation sites (tertiary alicyclic amines) is 1. The number of nitrogens with two attached hydrogens (primary N) is 1. The normalized spacial score (nSPS) is 51.1. The first kappa shape index (κ1) is 26.2. The maximum Gasteiger partial charge on any atom is 0.340 e. The van der Waals surface area contributed by atoms with Crippen molar-refractivity contribution in [1.82, 2.24) is 4.90 Å². The number of rotatable bonds is 6. The second kappa shape index (κ2) is 8.39. The van der Waals surface area contributed by atoms with E-state index in [-0.39, 0.29) is 41.9 Å². The lowest BCUT2D eigenvalue weighted by Crippen LogP contribution is -2.83. The summed E-state index contributed by atoms with van der Waals surface area (Å²) in [5, 5.41) is 25.6. The Morgan fingerprint density at radius 2 is 1.87 bits per heavy atom. The summed E-state index contributed by atoms with van der Waals surface area (Å²) in [6.07, 6.45) is 2.17. The summed E-state index contributed by atoms with van der Waals surface area (Å²) < 4.78 is 24.9. The number of carbonyl (C=O) groups excluding carboxylic acids is 1. The Labute approximate surface area is 229 Å². The average Bonchev–Trinajstić information content (AvgIpc) is 3.35. The lowest BCUT2D eigenvalue weighted by atomic mass is 9.44. The molecule has 1 aromatic rings. The standard InChI is InChI=1S/C30H42N2O7/c1-5-32-15-27(39-26(33)16-8-6-7-9-19(16)31)11-10-23(37-3)29-21(27)13-18(24(29)32)28(34)14-20(36-2)17-12-22(29)30(28,35)25(17)38-4/h6-9,17-18,20-25,34-35H,5,10-15,31H2,1-4H3/t17-,18-,20+,21+,22+,23+,24-,25-,27+,28-,29-,30-/m1/s1. The van der Waals surface area contributed by atoms with Crippen LogP contribution in [0.4, 0.5) is 5.69 Å². The zero-order chi connectivity index (χ0) is 27.5. The molecule has 214 valence electrons. The van der Waals surface area contributed by atoms with Crippen LogP contribution in [-0.4, -0.2) is 96.7 Å². The number of carbonyl (C=O) groups is 1. The van der Waals surface area contributed by atoms with Gasteiger partial charge in [-0.1, -0.05) is 19.1 Å². The summed E-state index contributed by atoms with van der Waals surface area (Å²) in [5.74, 6) is -1.06. The van der Waals surface area contributed by atoms with Crippen molar-refractivity contribution < 1.29 is 34.0 Å². The summed E-state index contributed by atoms with van der Waals surface area (Å²) in [6, 6.07) is 7.04. The molecule has 6 fully saturated rings. The van der Waals surface area contributed by atoms with Crippen LogP contribution in [0.1, 0.15) is 49.4 Å². The van der Waals surface area contributed by atoms with Crippen LogP contribution in [0.15, 0.2) is 24.3 Å². The van der Waals surface area contributed by atoms with Crippen molar-refractivity contribution in [2.45, 2.75) is 80.2 Å². The molecular formula is C30H42N2O7. The third-order valence-corrected chi connectivity index (χ3v) is 12.4. The summed E-state index contributed by atoms with van der Waals surface area (Å²) >= 11 is 0. The van der Waals surface area contributed by atoms with Crippen LogP contribution in [0.3, 0.4) is 0 Å². The van der Waals surface area contributed by atoms with Crippen LogP contribution >= 0.6 is 0 Å². The fourth-order valence-electron chi connectivity index (χ4n) is 11.3. The molecule has 4 N–H and O–H groups in total. The minimum atomic E-state index is -1.44. The highest BCUT2D eigenvalue weighted by Gasteiger charge is 2.89. The number of ether oxygens (including phenoxy) is 4. The molecule has 0 amide bonds. The number of hydrogen-bond acceptors (Lipinski definition) is 9. The van der Waals surface area contributed by atoms with Gasteiger partial charge >= 0.3 is 5.97 Å². The van der Waals surface area contributed by atoms with E-state index in [4.69, 9.17) is 24.7 Å². The minimum absolute atomic E-state index is 0.00601. The van der Waals surface area contributed by atoms with E-state index in [1.54, 1.807) is 39.5 Å². The van der Waals surface area contributed by atoms with Crippen LogP contribution in [0.5, 0.6) is 0 Å². The number of para-hydroxylation sites is 1. The number of piperidine rings is 1. The molecule has 0 unspecified atom stereocenters. The third kappa shape index (κ3) is 2.80. The van der Waals surface area contributed by atoms with Gasteiger partial charge in [-0.25, -0.2) is 4.79 Å². The second-order valence-electron chi connectivity index (χ2n) is 13.0. The van der Waals surface area contributed by atoms with Gasteiger partial charge in [0.15, 0.2) is 0 Å². The highest BCUT2D eigenvalue weighted by atomic mass is 16.6. The summed E-state index contributed by atoms with van der Waals surface area (Å²) in [6.45, 7) is 3.47. The molecule has 7 bridgehead atoms. The van der Waals surface area contributed by atoms with Gasteiger partial charge in [0.2, 0.25) is 0 Å². The molecule has 5 aliphatic carbocycles. The van der Waals surface area contributed by atoms with E-state index in [9.17, 15) is 15.0 Å². The molecule has 1 heterocycles. The molecule has 39 heavy (non-hydrogen) atoms. The smallest absolute Gasteiger partial charge is 0.340 e. The Bertz CT molecular complexity index is 1180. The summed E-state index contributed by atoms with van der Waals surface area (Å²) in [4.78, 5) is 16.1. The van der Waals surface area contributed by atoms with E-state index in [1.165, 1.54) is 0 Å². The fourth-order valence-corrected chi connectivity index (χ4v) is 11.3. The molecule has 0 aromatic heterocycles. The molecule has 9 heteroatoms. The van der Waals surface area contributed by atoms with E-state index in [0.29, 0.717) is 49.9 Å². The molecular weight excluding hydrogens is 500 g/mol. The monoisotopic (exact) mass is 542 g/mol. The number of benzene rings is 1. The number of esters is 1. The molecule has 6 aliphatic rings. The minimum Gasteiger partial charge on any atom is -0.454 e. The first-order chi connectivity index (χ1) is 18.7. The van der Waals surface area contributed by atoms with Gasteiger partial charge in [-0.2, -0.15) is 0 Å². The average molecular weight is 543 g/mol. The molecule has 5 saturated carbocycles. The van der Waals surface area contributed by atoms with E-state index in [1.807, 2.05) is 6.07 Å². The lowest BCUT2D eigenvalue weighted by Gasteiger charge is -2.70. The Hall–Kier alpha value is -1.75. The van der Waals surface area contributed by atoms with Crippen molar-refractivity contribution in [1.29, 1.82) is 0 Å². The van der Waals surface area contributed by atoms with Crippen molar-refractivity contribution in [3.8, 4) is 0 Å². The Morgan fingerprint density at radius 1 is 1.10 bits per heavy atom. The number of nitrogen functional groups attached to an aromatic ring is 1. The number of anilines is 1. The SMILES string of the molecule is CCN1C[C@@]2(OC(=O)c3ccccc3N)CC[C@H](OC)[C@@]34[C@H]1[C@@H](C[C@@H]23)[C@]1(O)C[C@H](OC)[C@H]2C[C@@H]4[C@@]1(O)[C@@H]2OC. The molecule has 12 atom stereocenters. The quantitative estimate of drug-likeness (QED) is 0.365. The molecule has 1 aliphatic heterocycles. The topological polar surface area (TPSA) is 124 Å². The van der Waals surface area contributed by atoms with Crippen molar-refractivity contribution in [2.24, 2.45) is 29.1 Å². The van der Waals surface area contributed by atoms with E-state index in [2.05, 4.69) is 11.8 Å². The van der Waals surface area contributed by atoms with E-state index in [0.717, 1.165) is 6.54 Å². The second-order valence-corrected chi connectivity index (χ2v) is 13.0. The molecule has 0 radical (unpaired) electrons. The van der Waals surface area contributed by atoms with Crippen LogP contribution in [0, 0.1) is 29.1 Å². The summed E-state index contributed by atoms with van der Waals surface area (Å²) in [7, 11) is 5.09. The van der Waals surface area contributed by atoms with Gasteiger partial charge in [-0.05, 0) is 44.4 Å². The molecule has 1 saturated heterocycles. The van der Waals surface area contributed by atoms with Gasteiger partial charge in [-0.15, -0.1) is 0 Å². The Kier molecular flexibility index (Phi) is 5.63. The van der Waals surface area contributed by atoms with Crippen molar-refractivity contribution in [2.75, 3.05) is 40.2 Å². The largest absolute Gasteiger partial charge is 0.454 e. The molecule has 7 rings (SSSR count). The van der Waals surface area contributed by atoms with Gasteiger partial charge in [0, 0.05) is 75.1 Å². The van der Waals surface area contributed by atoms with E-state index >= 15 is 0 Å². The first-order valence-corrected chi connectivity index (χ1v) is 14.5. The van der Waals surface area contributed by atoms with Crippen molar-refractivity contribution >= 4 is 11.7 Å². The van der Waals surface area contributed by atoms with Crippen LogP contribution in [-0.2, 0) is 18.9 Å². The molecule has 1 spiro atoms. The Balaban J connectivity index is 1.42. The number of fused-ring (bicyclic) bond motifs is 2. The zero-order valence-corrected chi connectivity index (χ0v) is 23.3. The number of methoxy groups -OCH3 is 3. The zero-order valence-electron chi connectivity index (χ0n) is 23.3. The maximum absolute atomic E-state index is 13.7. The van der Waals surface area contributed by atoms with Gasteiger partial charge in [-0.3, -0.25) is 4.90 Å². The van der Waals surface area contributed by atoms with Crippen LogP contribution in [0.25, 0.3) is 0 Å². The van der Waals surface area contributed by atoms with Gasteiger partial charge in [0.25, 0.3) is 0 Å². The number of likely N-dealkylation sites (N-methyl/N-ethyl adjacent to an activating group) is 1. The highest BCUT2D eigenvalue weighted by molar-refractivity contribution is 5.95. The number of hydrogen-bond donors (Lipinski definition) is 3. The van der Waals surface area contributed by atoms with Crippen LogP contribution in [0.2, 0.25) is 0 Å². The first-order valence-electron chi connectivity index (χ1n) is 14.5. The highest BCUT2D eigenvalue weighted by Crippen LogP contribution is 2.79. The van der Waals surface area contributed by atoms with Crippen molar-refractivity contribution in [3.05, 3.63) is 29.8 Å². The van der Waals surface area contributed by atoms with Gasteiger partial charge < -0.3 is 34.9 Å². The van der Waals surface area contributed by atoms with Crippen LogP contribution < -0.4 is 5.73 Å². The molecule has 1 aromatic carbocycles.